The van der Waals surface area contributed by atoms with Crippen molar-refractivity contribution in [3.63, 3.8) is 0 Å². The van der Waals surface area contributed by atoms with E-state index in [0.29, 0.717) is 16.9 Å². The predicted molar refractivity (Wildman–Crippen MR) is 131 cm³/mol. The summed E-state index contributed by atoms with van der Waals surface area (Å²) < 4.78 is 35.0. The summed E-state index contributed by atoms with van der Waals surface area (Å²) in [5.74, 6) is 0.139. The lowest BCUT2D eigenvalue weighted by molar-refractivity contribution is -0.0603. The molecule has 0 aliphatic carbocycles. The van der Waals surface area contributed by atoms with Gasteiger partial charge in [0.1, 0.15) is 17.5 Å². The number of fused-ring (bicyclic) bond motifs is 1. The predicted octanol–water partition coefficient (Wildman–Crippen LogP) is 3.82. The van der Waals surface area contributed by atoms with Gasteiger partial charge < -0.3 is 14.7 Å². The van der Waals surface area contributed by atoms with E-state index in [0.717, 1.165) is 11.3 Å². The number of aliphatic hydroxyl groups is 1. The summed E-state index contributed by atoms with van der Waals surface area (Å²) in [6.45, 7) is 5.19. The van der Waals surface area contributed by atoms with Crippen LogP contribution in [0.15, 0.2) is 77.7 Å². The number of nitrogens with one attached hydrogen (secondary N) is 1. The molecule has 0 bridgehead atoms. The van der Waals surface area contributed by atoms with E-state index in [1.165, 1.54) is 11.0 Å². The first kappa shape index (κ1) is 23.9. The molecule has 1 aliphatic rings. The summed E-state index contributed by atoms with van der Waals surface area (Å²) in [5, 5.41) is 11.1. The van der Waals surface area contributed by atoms with Crippen LogP contribution in [0.3, 0.4) is 0 Å². The Morgan fingerprint density at radius 1 is 1.03 bits per heavy atom. The number of sulfonamides is 1. The molecular formula is C26H28N2O5S. The summed E-state index contributed by atoms with van der Waals surface area (Å²) in [5.41, 5.74) is 1.21. The van der Waals surface area contributed by atoms with Crippen LogP contribution < -0.4 is 14.4 Å². The topological polar surface area (TPSA) is 95.9 Å². The molecule has 0 aromatic heterocycles. The molecule has 0 spiro atoms. The molecule has 0 fully saturated rings. The van der Waals surface area contributed by atoms with Gasteiger partial charge in [0, 0.05) is 23.9 Å². The molecule has 8 heteroatoms. The van der Waals surface area contributed by atoms with Crippen LogP contribution in [-0.2, 0) is 10.0 Å². The number of para-hydroxylation sites is 1. The number of benzene rings is 3. The van der Waals surface area contributed by atoms with Gasteiger partial charge >= 0.3 is 0 Å². The zero-order valence-electron chi connectivity index (χ0n) is 19.5. The normalized spacial score (nSPS) is 19.1. The van der Waals surface area contributed by atoms with Crippen molar-refractivity contribution < 1.29 is 23.1 Å². The van der Waals surface area contributed by atoms with E-state index >= 15 is 0 Å². The fraction of sp³-hybridized carbons (Fsp3) is 0.269. The third kappa shape index (κ3) is 4.57. The van der Waals surface area contributed by atoms with Crippen LogP contribution in [-0.4, -0.2) is 38.2 Å². The Kier molecular flexibility index (Phi) is 6.24. The van der Waals surface area contributed by atoms with Gasteiger partial charge in [-0.25, -0.2) is 13.1 Å². The summed E-state index contributed by atoms with van der Waals surface area (Å²) in [6.07, 6.45) is -1.20. The van der Waals surface area contributed by atoms with Crippen molar-refractivity contribution in [1.82, 2.24) is 4.72 Å². The van der Waals surface area contributed by atoms with Crippen LogP contribution in [0, 0.1) is 6.92 Å². The smallest absolute Gasteiger partial charge is 0.258 e. The van der Waals surface area contributed by atoms with Crippen molar-refractivity contribution in [3.05, 3.63) is 89.5 Å². The first-order valence-electron chi connectivity index (χ1n) is 10.9. The molecule has 7 nitrogen and oxygen atoms in total. The van der Waals surface area contributed by atoms with Gasteiger partial charge in [-0.2, -0.15) is 0 Å². The maximum Gasteiger partial charge on any atom is 0.258 e. The van der Waals surface area contributed by atoms with Crippen molar-refractivity contribution >= 4 is 21.6 Å². The van der Waals surface area contributed by atoms with Crippen LogP contribution >= 0.6 is 0 Å². The number of aryl methyl sites for hydroxylation is 1. The molecule has 1 amide bonds. The van der Waals surface area contributed by atoms with Crippen molar-refractivity contribution in [2.45, 2.75) is 43.4 Å². The Morgan fingerprint density at radius 3 is 2.41 bits per heavy atom. The van der Waals surface area contributed by atoms with Gasteiger partial charge in [0.25, 0.3) is 5.91 Å². The third-order valence-corrected chi connectivity index (χ3v) is 7.46. The number of carbonyl (C=O) groups excluding carboxylic acids is 1. The maximum absolute atomic E-state index is 13.2. The summed E-state index contributed by atoms with van der Waals surface area (Å²) >= 11 is 0. The summed E-state index contributed by atoms with van der Waals surface area (Å²) in [7, 11) is -2.29. The van der Waals surface area contributed by atoms with Crippen molar-refractivity contribution in [3.8, 4) is 5.75 Å². The highest BCUT2D eigenvalue weighted by Gasteiger charge is 2.45. The first-order chi connectivity index (χ1) is 16.0. The molecule has 2 atom stereocenters. The Bertz CT molecular complexity index is 1320. The molecule has 0 saturated carbocycles. The Balaban J connectivity index is 1.73. The van der Waals surface area contributed by atoms with Crippen molar-refractivity contribution in [2.24, 2.45) is 0 Å². The Labute approximate surface area is 200 Å². The average molecular weight is 481 g/mol. The third-order valence-electron chi connectivity index (χ3n) is 6.02. The fourth-order valence-corrected chi connectivity index (χ4v) is 5.37. The molecule has 0 radical (unpaired) electrons. The van der Waals surface area contributed by atoms with E-state index in [4.69, 9.17) is 4.74 Å². The van der Waals surface area contributed by atoms with Gasteiger partial charge in [0.2, 0.25) is 10.0 Å². The second-order valence-electron chi connectivity index (χ2n) is 9.02. The SMILES string of the molecule is Cc1cccc(S(=O)(=O)N[C@@H]2c3cc(C(=O)N(C)c4ccccc4)ccc3OC(C)(C)[C@H]2O)c1. The maximum atomic E-state index is 13.2. The number of aliphatic hydroxyl groups excluding tert-OH is 1. The minimum absolute atomic E-state index is 0.0987. The highest BCUT2D eigenvalue weighted by molar-refractivity contribution is 7.89. The lowest BCUT2D eigenvalue weighted by atomic mass is 9.86. The number of amides is 1. The first-order valence-corrected chi connectivity index (χ1v) is 12.4. The van der Waals surface area contributed by atoms with Crippen molar-refractivity contribution in [1.29, 1.82) is 0 Å². The molecule has 1 aliphatic heterocycles. The van der Waals surface area contributed by atoms with Crippen LogP contribution in [0.5, 0.6) is 5.75 Å². The molecule has 3 aromatic carbocycles. The lowest BCUT2D eigenvalue weighted by Crippen LogP contribution is -2.53. The molecule has 0 saturated heterocycles. The molecule has 2 N–H and O–H groups in total. The fourth-order valence-electron chi connectivity index (χ4n) is 4.04. The van der Waals surface area contributed by atoms with Gasteiger partial charge in [-0.1, -0.05) is 30.3 Å². The number of nitrogens with zero attached hydrogens (tertiary/aromatic N) is 1. The summed E-state index contributed by atoms with van der Waals surface area (Å²) in [4.78, 5) is 14.8. The zero-order valence-corrected chi connectivity index (χ0v) is 20.3. The van der Waals surface area contributed by atoms with Crippen LogP contribution in [0.25, 0.3) is 0 Å². The monoisotopic (exact) mass is 480 g/mol. The van der Waals surface area contributed by atoms with E-state index in [-0.39, 0.29) is 10.8 Å². The van der Waals surface area contributed by atoms with Gasteiger partial charge in [-0.05, 0) is 68.8 Å². The highest BCUT2D eigenvalue weighted by Crippen LogP contribution is 2.41. The number of carbonyl (C=O) groups is 1. The van der Waals surface area contributed by atoms with E-state index in [9.17, 15) is 18.3 Å². The number of hydrogen-bond acceptors (Lipinski definition) is 5. The standard InChI is InChI=1S/C26H28N2O5S/c1-17-9-8-12-20(15-17)34(31,32)27-23-21-16-18(13-14-22(21)33-26(2,3)24(23)29)25(30)28(4)19-10-6-5-7-11-19/h5-16,23-24,27,29H,1-4H3/t23-,24+/m1/s1. The molecule has 0 unspecified atom stereocenters. The van der Waals surface area contributed by atoms with Crippen LogP contribution in [0.2, 0.25) is 0 Å². The lowest BCUT2D eigenvalue weighted by Gasteiger charge is -2.42. The molecule has 178 valence electrons. The Hall–Kier alpha value is -3.20. The molecule has 4 rings (SSSR count). The second kappa shape index (κ2) is 8.87. The minimum Gasteiger partial charge on any atom is -0.485 e. The second-order valence-corrected chi connectivity index (χ2v) is 10.7. The van der Waals surface area contributed by atoms with Gasteiger partial charge in [-0.15, -0.1) is 0 Å². The number of anilines is 1. The van der Waals surface area contributed by atoms with E-state index in [2.05, 4.69) is 4.72 Å². The number of ether oxygens (including phenoxy) is 1. The van der Waals surface area contributed by atoms with E-state index in [1.807, 2.05) is 43.3 Å². The van der Waals surface area contributed by atoms with Gasteiger partial charge in [0.05, 0.1) is 10.9 Å². The van der Waals surface area contributed by atoms with E-state index < -0.39 is 27.8 Å². The van der Waals surface area contributed by atoms with Crippen LogP contribution in [0.4, 0.5) is 5.69 Å². The average Bonchev–Trinajstić information content (AvgIpc) is 2.81. The van der Waals surface area contributed by atoms with Gasteiger partial charge in [0.15, 0.2) is 0 Å². The molecule has 3 aromatic rings. The van der Waals surface area contributed by atoms with Crippen molar-refractivity contribution in [2.75, 3.05) is 11.9 Å². The molecular weight excluding hydrogens is 452 g/mol. The Morgan fingerprint density at radius 2 is 1.74 bits per heavy atom. The minimum atomic E-state index is -3.96. The number of hydrogen-bond donors (Lipinski definition) is 2. The van der Waals surface area contributed by atoms with Crippen LogP contribution in [0.1, 0.15) is 41.4 Å². The molecule has 34 heavy (non-hydrogen) atoms. The van der Waals surface area contributed by atoms with E-state index in [1.54, 1.807) is 51.2 Å². The number of rotatable bonds is 5. The zero-order chi connectivity index (χ0) is 24.7. The largest absolute Gasteiger partial charge is 0.485 e. The highest BCUT2D eigenvalue weighted by atomic mass is 32.2. The quantitative estimate of drug-likeness (QED) is 0.579. The van der Waals surface area contributed by atoms with Gasteiger partial charge in [-0.3, -0.25) is 4.79 Å². The molecule has 1 heterocycles. The summed E-state index contributed by atoms with van der Waals surface area (Å²) in [6, 6.07) is 19.6.